The van der Waals surface area contributed by atoms with Gasteiger partial charge in [0.05, 0.1) is 43.6 Å². The minimum Gasteiger partial charge on any atom is -0.495 e. The molecule has 4 heterocycles. The molecule has 2 atom stereocenters. The Morgan fingerprint density at radius 3 is 2.62 bits per heavy atom. The maximum Gasteiger partial charge on any atom is 0.416 e. The molecule has 0 bridgehead atoms. The average molecular weight is 576 g/mol. The summed E-state index contributed by atoms with van der Waals surface area (Å²) in [5, 5.41) is 13.5. The van der Waals surface area contributed by atoms with Crippen LogP contribution in [0.2, 0.25) is 0 Å². The Morgan fingerprint density at radius 1 is 1.15 bits per heavy atom. The van der Waals surface area contributed by atoms with Crippen molar-refractivity contribution >= 4 is 40.3 Å². The number of ether oxygens (including phenoxy) is 2. The summed E-state index contributed by atoms with van der Waals surface area (Å²) in [6, 6.07) is 6.15. The second kappa shape index (κ2) is 10.9. The number of carboxylic acids is 1. The van der Waals surface area contributed by atoms with Crippen molar-refractivity contribution in [3.8, 4) is 11.6 Å². The summed E-state index contributed by atoms with van der Waals surface area (Å²) >= 11 is 1.37. The van der Waals surface area contributed by atoms with Gasteiger partial charge in [0.15, 0.2) is 0 Å². The van der Waals surface area contributed by atoms with Crippen LogP contribution >= 0.6 is 11.3 Å². The Hall–Kier alpha value is -4.00. The van der Waals surface area contributed by atoms with E-state index in [2.05, 4.69) is 9.88 Å². The lowest BCUT2D eigenvalue weighted by atomic mass is 10.00. The van der Waals surface area contributed by atoms with Gasteiger partial charge in [-0.25, -0.2) is 9.98 Å². The number of carbonyl (C=O) groups is 1. The van der Waals surface area contributed by atoms with Crippen molar-refractivity contribution in [3.63, 3.8) is 0 Å². The van der Waals surface area contributed by atoms with E-state index < -0.39 is 23.8 Å². The Morgan fingerprint density at radius 2 is 1.95 bits per heavy atom. The normalized spacial score (nSPS) is 19.2. The van der Waals surface area contributed by atoms with Gasteiger partial charge in [0.25, 0.3) is 0 Å². The molecular weight excluding hydrogens is 547 g/mol. The first-order valence-electron chi connectivity index (χ1n) is 12.5. The summed E-state index contributed by atoms with van der Waals surface area (Å²) in [5.41, 5.74) is 1.43. The molecule has 1 fully saturated rings. The summed E-state index contributed by atoms with van der Waals surface area (Å²) in [6.45, 7) is 3.61. The molecule has 2 aliphatic rings. The van der Waals surface area contributed by atoms with Gasteiger partial charge < -0.3 is 29.3 Å². The molecule has 0 unspecified atom stereocenters. The molecule has 40 heavy (non-hydrogen) atoms. The van der Waals surface area contributed by atoms with Crippen LogP contribution in [0.4, 0.5) is 30.2 Å². The zero-order valence-corrected chi connectivity index (χ0v) is 22.9. The molecule has 0 spiro atoms. The second-order valence-corrected chi connectivity index (χ2v) is 10.3. The average Bonchev–Trinajstić information content (AvgIpc) is 3.40. The summed E-state index contributed by atoms with van der Waals surface area (Å²) < 4.78 is 52.2. The van der Waals surface area contributed by atoms with Crippen molar-refractivity contribution in [2.24, 2.45) is 4.99 Å². The third-order valence-corrected chi connectivity index (χ3v) is 7.83. The van der Waals surface area contributed by atoms with Crippen molar-refractivity contribution in [1.29, 1.82) is 0 Å². The van der Waals surface area contributed by atoms with Crippen molar-refractivity contribution < 1.29 is 32.5 Å². The first-order chi connectivity index (χ1) is 19.1. The molecule has 5 rings (SSSR count). The van der Waals surface area contributed by atoms with Crippen molar-refractivity contribution in [2.45, 2.75) is 31.6 Å². The highest BCUT2D eigenvalue weighted by molar-refractivity contribution is 7.08. The molecule has 0 amide bonds. The number of carboxylic acid groups (broad SMARTS) is 1. The lowest BCUT2D eigenvalue weighted by Gasteiger charge is -2.47. The van der Waals surface area contributed by atoms with Crippen LogP contribution in [0, 0.1) is 0 Å². The Balaban J connectivity index is 1.58. The Bertz CT molecular complexity index is 1430. The molecule has 3 aromatic rings. The van der Waals surface area contributed by atoms with Crippen molar-refractivity contribution in [3.05, 3.63) is 58.4 Å². The second-order valence-electron chi connectivity index (χ2n) is 9.54. The van der Waals surface area contributed by atoms with E-state index in [-0.39, 0.29) is 23.9 Å². The maximum absolute atomic E-state index is 13.8. The van der Waals surface area contributed by atoms with Crippen LogP contribution in [0.1, 0.15) is 30.5 Å². The summed E-state index contributed by atoms with van der Waals surface area (Å²) in [5.74, 6) is -0.0174. The number of alkyl halides is 3. The number of guanidine groups is 1. The molecular formula is C27H28F3N5O4S. The fourth-order valence-corrected chi connectivity index (χ4v) is 6.02. The van der Waals surface area contributed by atoms with E-state index in [0.29, 0.717) is 42.7 Å². The number of rotatable bonds is 6. The lowest BCUT2D eigenvalue weighted by Crippen LogP contribution is -2.58. The summed E-state index contributed by atoms with van der Waals surface area (Å²) in [6.07, 6.45) is -3.26. The molecule has 0 aliphatic carbocycles. The number of hydrogen-bond donors (Lipinski definition) is 1. The van der Waals surface area contributed by atoms with Crippen LogP contribution in [-0.4, -0.2) is 66.8 Å². The maximum atomic E-state index is 13.8. The van der Waals surface area contributed by atoms with Crippen LogP contribution in [-0.2, 0) is 11.0 Å². The van der Waals surface area contributed by atoms with Gasteiger partial charge in [0.2, 0.25) is 11.8 Å². The number of nitrogens with zero attached hydrogens (tertiary/aromatic N) is 5. The molecule has 1 N–H and O–H groups in total. The zero-order valence-electron chi connectivity index (χ0n) is 22.1. The number of benzene rings is 1. The highest BCUT2D eigenvalue weighted by atomic mass is 32.1. The highest BCUT2D eigenvalue weighted by Crippen LogP contribution is 2.46. The van der Waals surface area contributed by atoms with Crippen LogP contribution < -0.4 is 19.3 Å². The summed E-state index contributed by atoms with van der Waals surface area (Å²) in [4.78, 5) is 26.9. The predicted molar refractivity (Wildman–Crippen MR) is 146 cm³/mol. The van der Waals surface area contributed by atoms with Gasteiger partial charge in [-0.05, 0) is 36.6 Å². The standard InChI is InChI=1S/C27H28F3N5O4S/c1-16-13-33(8-9-34(16)18-6-7-31-24(11-18)39-3)26-32-20-15-40-14-19(20)21(12-25(36)37)35(26)22-10-17(27(28,29)30)4-5-23(22)38-2/h4-7,10-11,14-16,21H,8-9,12-13H2,1-3H3,(H,36,37)/t16-,21-/m1/s1. The van der Waals surface area contributed by atoms with E-state index in [1.54, 1.807) is 23.6 Å². The van der Waals surface area contributed by atoms with Gasteiger partial charge in [-0.1, -0.05) is 0 Å². The van der Waals surface area contributed by atoms with E-state index in [1.165, 1.54) is 24.5 Å². The third-order valence-electron chi connectivity index (χ3n) is 7.08. The monoisotopic (exact) mass is 575 g/mol. The summed E-state index contributed by atoms with van der Waals surface area (Å²) in [7, 11) is 2.93. The van der Waals surface area contributed by atoms with Gasteiger partial charge in [-0.2, -0.15) is 13.2 Å². The number of anilines is 2. The molecule has 1 aromatic carbocycles. The van der Waals surface area contributed by atoms with E-state index in [9.17, 15) is 23.1 Å². The largest absolute Gasteiger partial charge is 0.495 e. The number of aliphatic imine (C=N–C) groups is 1. The number of piperazine rings is 1. The Labute approximate surface area is 233 Å². The van der Waals surface area contributed by atoms with Crippen LogP contribution in [0.5, 0.6) is 11.6 Å². The van der Waals surface area contributed by atoms with Crippen LogP contribution in [0.3, 0.4) is 0 Å². The number of halogens is 3. The number of pyridine rings is 1. The minimum absolute atomic E-state index is 0.0180. The SMILES string of the molecule is COc1cc(N2CCN(C3=Nc4cscc4[C@@H](CC(=O)O)N3c3cc(C(F)(F)F)ccc3OC)C[C@H]2C)ccn1. The fraction of sp³-hybridized carbons (Fsp3) is 0.370. The molecule has 0 saturated carbocycles. The molecule has 1 saturated heterocycles. The van der Waals surface area contributed by atoms with Crippen molar-refractivity contribution in [1.82, 2.24) is 9.88 Å². The molecule has 13 heteroatoms. The first kappa shape index (κ1) is 27.6. The lowest BCUT2D eigenvalue weighted by molar-refractivity contribution is -0.138. The van der Waals surface area contributed by atoms with E-state index in [0.717, 1.165) is 17.8 Å². The quantitative estimate of drug-likeness (QED) is 0.417. The number of aromatic nitrogens is 1. The predicted octanol–water partition coefficient (Wildman–Crippen LogP) is 5.41. The van der Waals surface area contributed by atoms with Crippen LogP contribution in [0.25, 0.3) is 0 Å². The smallest absolute Gasteiger partial charge is 0.416 e. The van der Waals surface area contributed by atoms with Gasteiger partial charge in [0, 0.05) is 54.6 Å². The highest BCUT2D eigenvalue weighted by Gasteiger charge is 2.40. The Kier molecular flexibility index (Phi) is 7.49. The topological polar surface area (TPSA) is 90.7 Å². The fourth-order valence-electron chi connectivity index (χ4n) is 5.21. The molecule has 0 radical (unpaired) electrons. The van der Waals surface area contributed by atoms with E-state index in [4.69, 9.17) is 14.5 Å². The molecule has 9 nitrogen and oxygen atoms in total. The van der Waals surface area contributed by atoms with E-state index in [1.807, 2.05) is 29.3 Å². The van der Waals surface area contributed by atoms with Crippen molar-refractivity contribution in [2.75, 3.05) is 43.7 Å². The first-order valence-corrected chi connectivity index (χ1v) is 13.5. The van der Waals surface area contributed by atoms with Gasteiger partial charge in [0.1, 0.15) is 5.75 Å². The van der Waals surface area contributed by atoms with Gasteiger partial charge in [-0.3, -0.25) is 4.79 Å². The van der Waals surface area contributed by atoms with Gasteiger partial charge >= 0.3 is 12.1 Å². The van der Waals surface area contributed by atoms with Crippen LogP contribution in [0.15, 0.2) is 52.3 Å². The number of fused-ring (bicyclic) bond motifs is 1. The third kappa shape index (κ3) is 5.25. The molecule has 212 valence electrons. The number of thiophene rings is 1. The minimum atomic E-state index is -4.60. The number of hydrogen-bond acceptors (Lipinski definition) is 9. The van der Waals surface area contributed by atoms with E-state index >= 15 is 0 Å². The number of methoxy groups -OCH3 is 2. The molecule has 2 aromatic heterocycles. The number of aliphatic carboxylic acids is 1. The zero-order chi connectivity index (χ0) is 28.6. The molecule has 2 aliphatic heterocycles. The van der Waals surface area contributed by atoms with Gasteiger partial charge in [-0.15, -0.1) is 11.3 Å².